The summed E-state index contributed by atoms with van der Waals surface area (Å²) in [6.45, 7) is 0. The van der Waals surface area contributed by atoms with Crippen molar-refractivity contribution in [3.8, 4) is 45.5 Å². The van der Waals surface area contributed by atoms with Crippen LogP contribution in [0.15, 0.2) is 126 Å². The van der Waals surface area contributed by atoms with E-state index in [1.54, 1.807) is 11.3 Å². The summed E-state index contributed by atoms with van der Waals surface area (Å²) in [6.07, 6.45) is 0. The second kappa shape index (κ2) is 9.46. The molecule has 0 aliphatic rings. The average molecular weight is 553 g/mol. The van der Waals surface area contributed by atoms with E-state index in [2.05, 4.69) is 72.8 Å². The number of nitriles is 2. The predicted molar refractivity (Wildman–Crippen MR) is 172 cm³/mol. The predicted octanol–water partition coefficient (Wildman–Crippen LogP) is 10.7. The minimum Gasteiger partial charge on any atom is -0.456 e. The number of fused-ring (bicyclic) bond motifs is 6. The van der Waals surface area contributed by atoms with Crippen molar-refractivity contribution >= 4 is 53.4 Å². The molecule has 0 unspecified atom stereocenters. The van der Waals surface area contributed by atoms with Crippen LogP contribution in [0.3, 0.4) is 0 Å². The molecule has 0 radical (unpaired) electrons. The molecule has 2 aromatic heterocycles. The van der Waals surface area contributed by atoms with Crippen molar-refractivity contribution in [3.05, 3.63) is 132 Å². The number of thiophene rings is 1. The summed E-state index contributed by atoms with van der Waals surface area (Å²) in [7, 11) is 0. The Morgan fingerprint density at radius 3 is 2.10 bits per heavy atom. The molecule has 4 heteroatoms. The summed E-state index contributed by atoms with van der Waals surface area (Å²) in [5.41, 5.74) is 8.16. The highest BCUT2D eigenvalue weighted by molar-refractivity contribution is 7.25. The maximum absolute atomic E-state index is 10.7. The van der Waals surface area contributed by atoms with Gasteiger partial charge < -0.3 is 4.42 Å². The van der Waals surface area contributed by atoms with E-state index in [9.17, 15) is 10.5 Å². The topological polar surface area (TPSA) is 60.7 Å². The fourth-order valence-corrected chi connectivity index (χ4v) is 7.22. The molecular weight excluding hydrogens is 532 g/mol. The normalized spacial score (nSPS) is 11.3. The van der Waals surface area contributed by atoms with E-state index in [1.807, 2.05) is 60.7 Å². The Bertz CT molecular complexity index is 2450. The van der Waals surface area contributed by atoms with Crippen LogP contribution in [-0.4, -0.2) is 0 Å². The van der Waals surface area contributed by atoms with Crippen molar-refractivity contribution in [1.82, 2.24) is 0 Å². The maximum Gasteiger partial charge on any atom is 0.135 e. The largest absolute Gasteiger partial charge is 0.456 e. The molecule has 0 saturated carbocycles. The first-order valence-corrected chi connectivity index (χ1v) is 14.4. The first-order valence-electron chi connectivity index (χ1n) is 13.6. The number of nitrogens with zero attached hydrogens (tertiary/aromatic N) is 2. The van der Waals surface area contributed by atoms with Gasteiger partial charge in [-0.1, -0.05) is 72.8 Å². The molecule has 0 atom stereocenters. The van der Waals surface area contributed by atoms with Gasteiger partial charge in [-0.15, -0.1) is 11.3 Å². The Morgan fingerprint density at radius 1 is 0.500 bits per heavy atom. The molecule has 0 N–H and O–H groups in total. The third-order valence-corrected chi connectivity index (χ3v) is 9.13. The third-order valence-electron chi connectivity index (χ3n) is 7.99. The second-order valence-corrected chi connectivity index (χ2v) is 11.4. The number of hydrogen-bond donors (Lipinski definition) is 0. The smallest absolute Gasteiger partial charge is 0.135 e. The number of benzene rings is 6. The zero-order valence-electron chi connectivity index (χ0n) is 22.3. The fraction of sp³-hybridized carbons (Fsp3) is 0. The van der Waals surface area contributed by atoms with Gasteiger partial charge in [0.1, 0.15) is 17.2 Å². The lowest BCUT2D eigenvalue weighted by molar-refractivity contribution is 0.669. The van der Waals surface area contributed by atoms with Crippen LogP contribution in [0, 0.1) is 22.7 Å². The van der Waals surface area contributed by atoms with Crippen LogP contribution < -0.4 is 0 Å². The summed E-state index contributed by atoms with van der Waals surface area (Å²) in [4.78, 5) is 0. The Balaban J connectivity index is 1.48. The first kappa shape index (κ1) is 24.1. The summed E-state index contributed by atoms with van der Waals surface area (Å²) >= 11 is 1.76. The van der Waals surface area contributed by atoms with Crippen molar-refractivity contribution in [2.24, 2.45) is 0 Å². The zero-order chi connectivity index (χ0) is 28.2. The number of rotatable bonds is 3. The fourth-order valence-electron chi connectivity index (χ4n) is 6.08. The lowest BCUT2D eigenvalue weighted by Crippen LogP contribution is -1.94. The highest BCUT2D eigenvalue weighted by Gasteiger charge is 2.20. The van der Waals surface area contributed by atoms with Crippen molar-refractivity contribution < 1.29 is 4.42 Å². The summed E-state index contributed by atoms with van der Waals surface area (Å²) < 4.78 is 8.48. The van der Waals surface area contributed by atoms with Gasteiger partial charge in [0.2, 0.25) is 0 Å². The second-order valence-electron chi connectivity index (χ2n) is 10.3. The lowest BCUT2D eigenvalue weighted by Gasteiger charge is -2.16. The molecule has 0 bridgehead atoms. The van der Waals surface area contributed by atoms with Crippen LogP contribution >= 0.6 is 11.3 Å². The minimum atomic E-state index is 0.592. The van der Waals surface area contributed by atoms with Gasteiger partial charge in [0.25, 0.3) is 0 Å². The molecule has 0 saturated heterocycles. The Labute approximate surface area is 245 Å². The van der Waals surface area contributed by atoms with E-state index in [-0.39, 0.29) is 0 Å². The number of para-hydroxylation sites is 1. The van der Waals surface area contributed by atoms with Crippen LogP contribution in [0.4, 0.5) is 0 Å². The van der Waals surface area contributed by atoms with Gasteiger partial charge in [-0.3, -0.25) is 0 Å². The van der Waals surface area contributed by atoms with Crippen LogP contribution in [0.25, 0.3) is 75.5 Å². The highest BCUT2D eigenvalue weighted by atomic mass is 32.1. The number of hydrogen-bond acceptors (Lipinski definition) is 4. The van der Waals surface area contributed by atoms with Gasteiger partial charge in [-0.05, 0) is 70.8 Å². The van der Waals surface area contributed by atoms with E-state index in [0.29, 0.717) is 11.1 Å². The summed E-state index contributed by atoms with van der Waals surface area (Å²) in [6, 6.07) is 45.5. The Morgan fingerprint density at radius 2 is 1.21 bits per heavy atom. The van der Waals surface area contributed by atoms with E-state index in [0.717, 1.165) is 60.7 Å². The van der Waals surface area contributed by atoms with Crippen molar-refractivity contribution in [1.29, 1.82) is 10.5 Å². The van der Waals surface area contributed by atoms with Crippen LogP contribution in [0.1, 0.15) is 11.1 Å². The molecule has 8 rings (SSSR count). The van der Waals surface area contributed by atoms with Crippen LogP contribution in [-0.2, 0) is 0 Å². The third kappa shape index (κ3) is 3.64. The summed E-state index contributed by atoms with van der Waals surface area (Å²) in [5, 5.41) is 25.1. The molecule has 0 amide bonds. The average Bonchev–Trinajstić information content (AvgIpc) is 3.62. The number of furan rings is 1. The Hall–Kier alpha value is -5.68. The van der Waals surface area contributed by atoms with Crippen LogP contribution in [0.5, 0.6) is 0 Å². The molecule has 0 fully saturated rings. The van der Waals surface area contributed by atoms with Gasteiger partial charge in [-0.2, -0.15) is 10.5 Å². The molecule has 194 valence electrons. The summed E-state index contributed by atoms with van der Waals surface area (Å²) in [5.74, 6) is 0. The van der Waals surface area contributed by atoms with E-state index in [1.165, 1.54) is 14.8 Å². The van der Waals surface area contributed by atoms with E-state index >= 15 is 0 Å². The SMILES string of the molecule is N#Cc1ccccc1-c1cc(-c2ccc3oc4ccccc4c3c2)c(C#N)c(-c2cccc3sc4ccccc4c23)c1. The zero-order valence-corrected chi connectivity index (χ0v) is 23.1. The molecule has 8 aromatic rings. The molecule has 0 spiro atoms. The molecule has 0 aliphatic heterocycles. The van der Waals surface area contributed by atoms with Gasteiger partial charge in [0, 0.05) is 42.1 Å². The van der Waals surface area contributed by atoms with Crippen molar-refractivity contribution in [3.63, 3.8) is 0 Å². The monoisotopic (exact) mass is 552 g/mol. The Kier molecular flexibility index (Phi) is 5.44. The van der Waals surface area contributed by atoms with Gasteiger partial charge in [0.15, 0.2) is 0 Å². The molecule has 3 nitrogen and oxygen atoms in total. The van der Waals surface area contributed by atoms with E-state index in [4.69, 9.17) is 4.42 Å². The quantitative estimate of drug-likeness (QED) is 0.219. The van der Waals surface area contributed by atoms with Crippen LogP contribution in [0.2, 0.25) is 0 Å². The molecule has 42 heavy (non-hydrogen) atoms. The molecule has 0 aliphatic carbocycles. The molecular formula is C38H20N2OS. The lowest BCUT2D eigenvalue weighted by atomic mass is 9.86. The standard InChI is InChI=1S/C38H20N2OS/c39-21-24-8-1-2-9-26(24)25-19-30(23-16-17-35-32(18-23)27-10-3-5-13-34(27)41-35)33(22-40)31(20-25)28-12-7-15-37-38(28)29-11-4-6-14-36(29)42-37/h1-20H. The maximum atomic E-state index is 10.7. The van der Waals surface area contributed by atoms with Crippen molar-refractivity contribution in [2.75, 3.05) is 0 Å². The van der Waals surface area contributed by atoms with Gasteiger partial charge >= 0.3 is 0 Å². The molecule has 6 aromatic carbocycles. The van der Waals surface area contributed by atoms with Gasteiger partial charge in [-0.25, -0.2) is 0 Å². The van der Waals surface area contributed by atoms with Crippen molar-refractivity contribution in [2.45, 2.75) is 0 Å². The van der Waals surface area contributed by atoms with Gasteiger partial charge in [0.05, 0.1) is 17.2 Å². The highest BCUT2D eigenvalue weighted by Crippen LogP contribution is 2.44. The minimum absolute atomic E-state index is 0.592. The molecule has 2 heterocycles. The first-order chi connectivity index (χ1) is 20.7. The van der Waals surface area contributed by atoms with E-state index < -0.39 is 0 Å².